The molecule has 0 heterocycles. The monoisotopic (exact) mass is 373 g/mol. The fraction of sp³-hybridized carbons (Fsp3) is 0.263. The van der Waals surface area contributed by atoms with Crippen molar-refractivity contribution in [2.45, 2.75) is 25.7 Å². The molecule has 134 valence electrons. The van der Waals surface area contributed by atoms with Crippen LogP contribution in [0.25, 0.3) is 0 Å². The van der Waals surface area contributed by atoms with Crippen LogP contribution in [0, 0.1) is 10.1 Å². The number of benzene rings is 2. The lowest BCUT2D eigenvalue weighted by atomic mass is 9.90. The van der Waals surface area contributed by atoms with Crippen molar-refractivity contribution in [1.29, 1.82) is 0 Å². The molecular formula is C19H16ClNO5. The number of nitro benzene ring substituents is 1. The summed E-state index contributed by atoms with van der Waals surface area (Å²) in [6.07, 6.45) is 4.24. The van der Waals surface area contributed by atoms with Gasteiger partial charge in [0, 0.05) is 11.6 Å². The Balaban J connectivity index is 1.67. The van der Waals surface area contributed by atoms with Crippen molar-refractivity contribution in [3.05, 3.63) is 73.8 Å². The molecule has 0 bridgehead atoms. The molecule has 0 fully saturated rings. The number of esters is 1. The van der Waals surface area contributed by atoms with E-state index in [1.807, 2.05) is 12.1 Å². The summed E-state index contributed by atoms with van der Waals surface area (Å²) in [5.74, 6) is -1.12. The van der Waals surface area contributed by atoms with E-state index in [1.165, 1.54) is 23.3 Å². The first kappa shape index (κ1) is 18.1. The highest BCUT2D eigenvalue weighted by molar-refractivity contribution is 6.32. The molecule has 3 rings (SSSR count). The minimum atomic E-state index is -0.809. The number of hydrogen-bond donors (Lipinski definition) is 0. The molecule has 0 saturated heterocycles. The van der Waals surface area contributed by atoms with E-state index in [9.17, 15) is 19.7 Å². The van der Waals surface area contributed by atoms with Gasteiger partial charge in [0.25, 0.3) is 5.69 Å². The summed E-state index contributed by atoms with van der Waals surface area (Å²) in [6.45, 7) is -0.423. The number of ether oxygens (including phenoxy) is 1. The number of carbonyl (C=O) groups is 2. The second kappa shape index (κ2) is 7.66. The molecule has 2 aromatic carbocycles. The van der Waals surface area contributed by atoms with E-state index in [1.54, 1.807) is 6.07 Å². The molecule has 0 spiro atoms. The van der Waals surface area contributed by atoms with E-state index in [0.717, 1.165) is 31.7 Å². The van der Waals surface area contributed by atoms with Crippen LogP contribution in [0.15, 0.2) is 36.4 Å². The zero-order valence-electron chi connectivity index (χ0n) is 13.9. The van der Waals surface area contributed by atoms with E-state index < -0.39 is 17.5 Å². The summed E-state index contributed by atoms with van der Waals surface area (Å²) in [4.78, 5) is 34.5. The average Bonchev–Trinajstić information content (AvgIpc) is 2.65. The Morgan fingerprint density at radius 3 is 2.46 bits per heavy atom. The van der Waals surface area contributed by atoms with Gasteiger partial charge in [0.2, 0.25) is 0 Å². The lowest BCUT2D eigenvalue weighted by Gasteiger charge is -2.16. The number of aryl methyl sites for hydroxylation is 2. The number of Topliss-reactive ketones (excluding diaryl/α,β-unsaturated/α-hetero) is 1. The lowest BCUT2D eigenvalue weighted by molar-refractivity contribution is -0.384. The predicted octanol–water partition coefficient (Wildman–Crippen LogP) is 4.17. The molecule has 0 radical (unpaired) electrons. The summed E-state index contributed by atoms with van der Waals surface area (Å²) in [6, 6.07) is 9.16. The summed E-state index contributed by atoms with van der Waals surface area (Å²) < 4.78 is 5.01. The van der Waals surface area contributed by atoms with Gasteiger partial charge in [-0.25, -0.2) is 4.79 Å². The topological polar surface area (TPSA) is 86.5 Å². The van der Waals surface area contributed by atoms with Crippen LogP contribution in [0.4, 0.5) is 5.69 Å². The van der Waals surface area contributed by atoms with Crippen LogP contribution >= 0.6 is 11.6 Å². The molecule has 26 heavy (non-hydrogen) atoms. The van der Waals surface area contributed by atoms with Crippen LogP contribution in [-0.4, -0.2) is 23.3 Å². The van der Waals surface area contributed by atoms with Crippen LogP contribution in [0.3, 0.4) is 0 Å². The summed E-state index contributed by atoms with van der Waals surface area (Å²) in [5, 5.41) is 10.8. The van der Waals surface area contributed by atoms with E-state index in [4.69, 9.17) is 16.3 Å². The SMILES string of the molecule is O=C(COC(=O)c1ccc(Cl)c([N+](=O)[O-])c1)c1ccc2c(c1)CCCC2. The number of nitro groups is 1. The average molecular weight is 374 g/mol. The Morgan fingerprint density at radius 2 is 1.73 bits per heavy atom. The maximum atomic E-state index is 12.3. The van der Waals surface area contributed by atoms with Crippen LogP contribution in [0.5, 0.6) is 0 Å². The Bertz CT molecular complexity index is 893. The molecule has 0 amide bonds. The molecule has 1 aliphatic rings. The zero-order chi connectivity index (χ0) is 18.7. The molecule has 6 nitrogen and oxygen atoms in total. The molecule has 2 aromatic rings. The van der Waals surface area contributed by atoms with Gasteiger partial charge in [0.05, 0.1) is 10.5 Å². The van der Waals surface area contributed by atoms with Gasteiger partial charge in [-0.05, 0) is 55.0 Å². The second-order valence-electron chi connectivity index (χ2n) is 6.11. The van der Waals surface area contributed by atoms with Gasteiger partial charge in [-0.15, -0.1) is 0 Å². The Kier molecular flexibility index (Phi) is 5.32. The number of nitrogens with zero attached hydrogens (tertiary/aromatic N) is 1. The maximum Gasteiger partial charge on any atom is 0.338 e. The summed E-state index contributed by atoms with van der Waals surface area (Å²) >= 11 is 5.71. The van der Waals surface area contributed by atoms with E-state index >= 15 is 0 Å². The fourth-order valence-corrected chi connectivity index (χ4v) is 3.17. The van der Waals surface area contributed by atoms with Crippen LogP contribution in [-0.2, 0) is 17.6 Å². The third kappa shape index (κ3) is 3.91. The molecular weight excluding hydrogens is 358 g/mol. The molecule has 0 atom stereocenters. The van der Waals surface area contributed by atoms with Crippen molar-refractivity contribution >= 4 is 29.0 Å². The molecule has 0 aliphatic heterocycles. The van der Waals surface area contributed by atoms with Crippen molar-refractivity contribution in [2.75, 3.05) is 6.61 Å². The lowest BCUT2D eigenvalue weighted by Crippen LogP contribution is -2.15. The zero-order valence-corrected chi connectivity index (χ0v) is 14.6. The molecule has 0 saturated carbocycles. The first-order valence-corrected chi connectivity index (χ1v) is 8.59. The largest absolute Gasteiger partial charge is 0.454 e. The Labute approximate surface area is 154 Å². The molecule has 1 aliphatic carbocycles. The van der Waals surface area contributed by atoms with E-state index in [0.29, 0.717) is 5.56 Å². The van der Waals surface area contributed by atoms with E-state index in [-0.39, 0.29) is 22.1 Å². The second-order valence-corrected chi connectivity index (χ2v) is 6.52. The van der Waals surface area contributed by atoms with Crippen molar-refractivity contribution in [1.82, 2.24) is 0 Å². The quantitative estimate of drug-likeness (QED) is 0.340. The molecule has 0 N–H and O–H groups in total. The van der Waals surface area contributed by atoms with Crippen LogP contribution < -0.4 is 0 Å². The predicted molar refractivity (Wildman–Crippen MR) is 95.8 cm³/mol. The minimum Gasteiger partial charge on any atom is -0.454 e. The third-order valence-electron chi connectivity index (χ3n) is 4.38. The van der Waals surface area contributed by atoms with Gasteiger partial charge in [0.15, 0.2) is 12.4 Å². The highest BCUT2D eigenvalue weighted by Crippen LogP contribution is 2.25. The molecule has 7 heteroatoms. The first-order chi connectivity index (χ1) is 12.5. The van der Waals surface area contributed by atoms with Gasteiger partial charge in [-0.2, -0.15) is 0 Å². The van der Waals surface area contributed by atoms with Crippen LogP contribution in [0.1, 0.15) is 44.7 Å². The van der Waals surface area contributed by atoms with Gasteiger partial charge in [0.1, 0.15) is 5.02 Å². The highest BCUT2D eigenvalue weighted by Gasteiger charge is 2.19. The van der Waals surface area contributed by atoms with Gasteiger partial charge >= 0.3 is 5.97 Å². The number of halogens is 1. The number of carbonyl (C=O) groups excluding carboxylic acids is 2. The number of hydrogen-bond acceptors (Lipinski definition) is 5. The smallest absolute Gasteiger partial charge is 0.338 e. The Morgan fingerprint density at radius 1 is 1.04 bits per heavy atom. The maximum absolute atomic E-state index is 12.3. The summed E-state index contributed by atoms with van der Waals surface area (Å²) in [5.41, 5.74) is 2.52. The molecule has 0 aromatic heterocycles. The van der Waals surface area contributed by atoms with Crippen molar-refractivity contribution in [3.63, 3.8) is 0 Å². The minimum absolute atomic E-state index is 0.0284. The van der Waals surface area contributed by atoms with Gasteiger partial charge < -0.3 is 4.74 Å². The van der Waals surface area contributed by atoms with Crippen molar-refractivity contribution < 1.29 is 19.2 Å². The molecule has 0 unspecified atom stereocenters. The highest BCUT2D eigenvalue weighted by atomic mass is 35.5. The first-order valence-electron chi connectivity index (χ1n) is 8.22. The number of rotatable bonds is 5. The Hall–Kier alpha value is -2.73. The van der Waals surface area contributed by atoms with Crippen molar-refractivity contribution in [3.8, 4) is 0 Å². The van der Waals surface area contributed by atoms with Gasteiger partial charge in [-0.1, -0.05) is 23.7 Å². The standard InChI is InChI=1S/C19H16ClNO5/c20-16-8-7-15(10-17(16)21(24)25)19(23)26-11-18(22)14-6-5-12-3-1-2-4-13(12)9-14/h5-10H,1-4,11H2. The normalized spacial score (nSPS) is 13.0. The number of ketones is 1. The van der Waals surface area contributed by atoms with Gasteiger partial charge in [-0.3, -0.25) is 14.9 Å². The van der Waals surface area contributed by atoms with Crippen molar-refractivity contribution in [2.24, 2.45) is 0 Å². The fourth-order valence-electron chi connectivity index (χ4n) is 2.98. The number of fused-ring (bicyclic) bond motifs is 1. The third-order valence-corrected chi connectivity index (χ3v) is 4.70. The van der Waals surface area contributed by atoms with Crippen LogP contribution in [0.2, 0.25) is 5.02 Å². The summed E-state index contributed by atoms with van der Waals surface area (Å²) in [7, 11) is 0. The van der Waals surface area contributed by atoms with E-state index in [2.05, 4.69) is 0 Å².